The zero-order chi connectivity index (χ0) is 12.0. The molecule has 2 N–H and O–H groups in total. The van der Waals surface area contributed by atoms with Gasteiger partial charge in [0.25, 0.3) is 5.91 Å². The molecule has 1 heterocycles. The third-order valence-corrected chi connectivity index (χ3v) is 2.42. The van der Waals surface area contributed by atoms with Crippen LogP contribution in [0, 0.1) is 5.92 Å². The monoisotopic (exact) mass is 222 g/mol. The second kappa shape index (κ2) is 6.23. The first-order valence-corrected chi connectivity index (χ1v) is 5.47. The highest BCUT2D eigenvalue weighted by atomic mass is 16.3. The van der Waals surface area contributed by atoms with Gasteiger partial charge in [-0.05, 0) is 24.5 Å². The first-order valence-electron chi connectivity index (χ1n) is 5.47. The Bertz CT molecular complexity index is 325. The fraction of sp³-hybridized carbons (Fsp3) is 0.500. The van der Waals surface area contributed by atoms with Crippen molar-refractivity contribution in [3.8, 4) is 0 Å². The zero-order valence-electron chi connectivity index (χ0n) is 9.68. The molecule has 0 radical (unpaired) electrons. The highest BCUT2D eigenvalue weighted by molar-refractivity contribution is 5.93. The maximum Gasteiger partial charge on any atom is 0.252 e. The minimum Gasteiger partial charge on any atom is -0.393 e. The SMILES string of the molecule is CC(C)C(O)CCNC(=O)c1cccnc1. The molecule has 0 spiro atoms. The van der Waals surface area contributed by atoms with Crippen molar-refractivity contribution in [3.05, 3.63) is 30.1 Å². The maximum atomic E-state index is 11.6. The van der Waals surface area contributed by atoms with Crippen molar-refractivity contribution in [2.45, 2.75) is 26.4 Å². The summed E-state index contributed by atoms with van der Waals surface area (Å²) in [4.78, 5) is 15.4. The molecule has 1 amide bonds. The van der Waals surface area contributed by atoms with E-state index in [1.807, 2.05) is 13.8 Å². The number of hydrogen-bond donors (Lipinski definition) is 2. The van der Waals surface area contributed by atoms with Crippen molar-refractivity contribution < 1.29 is 9.90 Å². The van der Waals surface area contributed by atoms with Gasteiger partial charge in [0.2, 0.25) is 0 Å². The van der Waals surface area contributed by atoms with E-state index < -0.39 is 0 Å². The zero-order valence-corrected chi connectivity index (χ0v) is 9.68. The van der Waals surface area contributed by atoms with Crippen LogP contribution in [0.5, 0.6) is 0 Å². The number of hydrogen-bond acceptors (Lipinski definition) is 3. The van der Waals surface area contributed by atoms with Gasteiger partial charge in [-0.15, -0.1) is 0 Å². The third-order valence-electron chi connectivity index (χ3n) is 2.42. The van der Waals surface area contributed by atoms with E-state index in [2.05, 4.69) is 10.3 Å². The molecule has 0 bridgehead atoms. The number of amides is 1. The molecule has 0 fully saturated rings. The number of aliphatic hydroxyl groups is 1. The Morgan fingerprint density at radius 1 is 1.56 bits per heavy atom. The third kappa shape index (κ3) is 3.98. The van der Waals surface area contributed by atoms with E-state index in [0.29, 0.717) is 18.5 Å². The molecule has 4 heteroatoms. The Labute approximate surface area is 95.7 Å². The number of rotatable bonds is 5. The van der Waals surface area contributed by atoms with Gasteiger partial charge in [-0.3, -0.25) is 9.78 Å². The summed E-state index contributed by atoms with van der Waals surface area (Å²) in [6.07, 6.45) is 3.35. The molecule has 0 aliphatic heterocycles. The Morgan fingerprint density at radius 3 is 2.88 bits per heavy atom. The van der Waals surface area contributed by atoms with E-state index in [9.17, 15) is 9.90 Å². The van der Waals surface area contributed by atoms with Crippen LogP contribution in [0.3, 0.4) is 0 Å². The van der Waals surface area contributed by atoms with Crippen LogP contribution in [0.4, 0.5) is 0 Å². The van der Waals surface area contributed by atoms with Gasteiger partial charge >= 0.3 is 0 Å². The lowest BCUT2D eigenvalue weighted by Crippen LogP contribution is -2.28. The second-order valence-corrected chi connectivity index (χ2v) is 4.10. The molecule has 0 saturated heterocycles. The molecule has 1 aromatic rings. The molecule has 1 atom stereocenters. The van der Waals surface area contributed by atoms with Gasteiger partial charge in [-0.2, -0.15) is 0 Å². The minimum absolute atomic E-state index is 0.149. The lowest BCUT2D eigenvalue weighted by Gasteiger charge is -2.14. The van der Waals surface area contributed by atoms with Crippen LogP contribution in [-0.2, 0) is 0 Å². The lowest BCUT2D eigenvalue weighted by molar-refractivity contribution is 0.0920. The molecular formula is C12H18N2O2. The van der Waals surface area contributed by atoms with Gasteiger partial charge in [-0.25, -0.2) is 0 Å². The van der Waals surface area contributed by atoms with Crippen molar-refractivity contribution in [2.75, 3.05) is 6.54 Å². The Morgan fingerprint density at radius 2 is 2.31 bits per heavy atom. The van der Waals surface area contributed by atoms with Gasteiger partial charge < -0.3 is 10.4 Å². The predicted molar refractivity (Wildman–Crippen MR) is 62.0 cm³/mol. The van der Waals surface area contributed by atoms with Crippen molar-refractivity contribution in [2.24, 2.45) is 5.92 Å². The van der Waals surface area contributed by atoms with Gasteiger partial charge in [0.05, 0.1) is 11.7 Å². The lowest BCUT2D eigenvalue weighted by atomic mass is 10.0. The maximum absolute atomic E-state index is 11.6. The average molecular weight is 222 g/mol. The van der Waals surface area contributed by atoms with Gasteiger partial charge in [0.1, 0.15) is 0 Å². The quantitative estimate of drug-likeness (QED) is 0.787. The molecule has 0 saturated carbocycles. The minimum atomic E-state index is -0.366. The Kier molecular flexibility index (Phi) is 4.92. The van der Waals surface area contributed by atoms with Crippen molar-refractivity contribution >= 4 is 5.91 Å². The molecular weight excluding hydrogens is 204 g/mol. The van der Waals surface area contributed by atoms with Crippen LogP contribution >= 0.6 is 0 Å². The van der Waals surface area contributed by atoms with Crippen LogP contribution in [0.25, 0.3) is 0 Å². The molecule has 4 nitrogen and oxygen atoms in total. The fourth-order valence-corrected chi connectivity index (χ4v) is 1.27. The molecule has 0 aliphatic carbocycles. The Hall–Kier alpha value is -1.42. The summed E-state index contributed by atoms with van der Waals surface area (Å²) in [6, 6.07) is 3.43. The summed E-state index contributed by atoms with van der Waals surface area (Å²) in [7, 11) is 0. The fourth-order valence-electron chi connectivity index (χ4n) is 1.27. The van der Waals surface area contributed by atoms with Crippen molar-refractivity contribution in [1.29, 1.82) is 0 Å². The standard InChI is InChI=1S/C12H18N2O2/c1-9(2)11(15)5-7-14-12(16)10-4-3-6-13-8-10/h3-4,6,8-9,11,15H,5,7H2,1-2H3,(H,14,16). The van der Waals surface area contributed by atoms with E-state index >= 15 is 0 Å². The second-order valence-electron chi connectivity index (χ2n) is 4.10. The van der Waals surface area contributed by atoms with Crippen molar-refractivity contribution in [1.82, 2.24) is 10.3 Å². The molecule has 1 rings (SSSR count). The number of carbonyl (C=O) groups excluding carboxylic acids is 1. The number of carbonyl (C=O) groups is 1. The first kappa shape index (κ1) is 12.6. The number of nitrogens with one attached hydrogen (secondary N) is 1. The highest BCUT2D eigenvalue weighted by Gasteiger charge is 2.10. The molecule has 16 heavy (non-hydrogen) atoms. The number of nitrogens with zero attached hydrogens (tertiary/aromatic N) is 1. The van der Waals surface area contributed by atoms with E-state index in [1.54, 1.807) is 18.3 Å². The molecule has 0 aliphatic rings. The average Bonchev–Trinajstić information content (AvgIpc) is 2.29. The summed E-state index contributed by atoms with van der Waals surface area (Å²) in [5, 5.41) is 12.3. The largest absolute Gasteiger partial charge is 0.393 e. The van der Waals surface area contributed by atoms with E-state index in [4.69, 9.17) is 0 Å². The van der Waals surface area contributed by atoms with E-state index in [1.165, 1.54) is 6.20 Å². The molecule has 0 aromatic carbocycles. The number of pyridine rings is 1. The summed E-state index contributed by atoms with van der Waals surface area (Å²) in [5.41, 5.74) is 0.543. The highest BCUT2D eigenvalue weighted by Crippen LogP contribution is 2.04. The van der Waals surface area contributed by atoms with Crippen LogP contribution < -0.4 is 5.32 Å². The Balaban J connectivity index is 2.31. The summed E-state index contributed by atoms with van der Waals surface area (Å²) < 4.78 is 0. The van der Waals surface area contributed by atoms with Gasteiger partial charge in [-0.1, -0.05) is 13.8 Å². The number of aromatic nitrogens is 1. The van der Waals surface area contributed by atoms with Crippen LogP contribution in [-0.4, -0.2) is 28.6 Å². The van der Waals surface area contributed by atoms with E-state index in [0.717, 1.165) is 0 Å². The molecule has 1 unspecified atom stereocenters. The van der Waals surface area contributed by atoms with Crippen molar-refractivity contribution in [3.63, 3.8) is 0 Å². The topological polar surface area (TPSA) is 62.2 Å². The van der Waals surface area contributed by atoms with Gasteiger partial charge in [0.15, 0.2) is 0 Å². The number of aliphatic hydroxyl groups excluding tert-OH is 1. The molecule has 88 valence electrons. The predicted octanol–water partition coefficient (Wildman–Crippen LogP) is 1.22. The smallest absolute Gasteiger partial charge is 0.252 e. The van der Waals surface area contributed by atoms with Crippen LogP contribution in [0.15, 0.2) is 24.5 Å². The van der Waals surface area contributed by atoms with Gasteiger partial charge in [0, 0.05) is 18.9 Å². The van der Waals surface area contributed by atoms with Crippen LogP contribution in [0.2, 0.25) is 0 Å². The summed E-state index contributed by atoms with van der Waals surface area (Å²) >= 11 is 0. The van der Waals surface area contributed by atoms with Crippen LogP contribution in [0.1, 0.15) is 30.6 Å². The molecule has 1 aromatic heterocycles. The normalized spacial score (nSPS) is 12.5. The summed E-state index contributed by atoms with van der Waals surface area (Å²) in [5.74, 6) is 0.0688. The van der Waals surface area contributed by atoms with E-state index in [-0.39, 0.29) is 17.9 Å². The summed E-state index contributed by atoms with van der Waals surface area (Å²) in [6.45, 7) is 4.38. The first-order chi connectivity index (χ1) is 7.61.